The molecule has 1 saturated heterocycles. The topological polar surface area (TPSA) is 32.3 Å². The van der Waals surface area contributed by atoms with Gasteiger partial charge < -0.3 is 5.32 Å². The third kappa shape index (κ3) is 3.11. The molecule has 0 aromatic heterocycles. The van der Waals surface area contributed by atoms with Crippen molar-refractivity contribution >= 4 is 34.2 Å². The van der Waals surface area contributed by atoms with Crippen LogP contribution in [0, 0.1) is 9.49 Å². The summed E-state index contributed by atoms with van der Waals surface area (Å²) in [6.45, 7) is 1.64. The predicted octanol–water partition coefficient (Wildman–Crippen LogP) is 3.10. The number of nitrogens with zero attached hydrogens (tertiary/aromatic N) is 1. The lowest BCUT2D eigenvalue weighted by molar-refractivity contribution is -0.117. The molecule has 0 bridgehead atoms. The molecule has 1 N–H and O–H groups in total. The molecule has 3 nitrogen and oxygen atoms in total. The van der Waals surface area contributed by atoms with Crippen molar-refractivity contribution < 1.29 is 4.79 Å². The Balaban J connectivity index is 1.57. The van der Waals surface area contributed by atoms with E-state index < -0.39 is 0 Å². The molecular weight excluding hydrogens is 351 g/mol. The fraction of sp³-hybridized carbons (Fsp3) is 0.533. The van der Waals surface area contributed by atoms with Gasteiger partial charge in [0, 0.05) is 15.3 Å². The maximum atomic E-state index is 12.1. The molecule has 1 amide bonds. The maximum Gasteiger partial charge on any atom is 0.238 e. The molecule has 2 fully saturated rings. The smallest absolute Gasteiger partial charge is 0.238 e. The van der Waals surface area contributed by atoms with Crippen LogP contribution in [-0.2, 0) is 4.79 Å². The minimum absolute atomic E-state index is 0.120. The summed E-state index contributed by atoms with van der Waals surface area (Å²) in [5, 5.41) is 3.00. The van der Waals surface area contributed by atoms with Gasteiger partial charge in [-0.25, -0.2) is 0 Å². The number of carbonyl (C=O) groups excluding carboxylic acids is 1. The molecule has 1 saturated carbocycles. The van der Waals surface area contributed by atoms with Crippen molar-refractivity contribution in [2.24, 2.45) is 5.92 Å². The standard InChI is InChI=1S/C15H19IN2O/c16-12-4-2-5-13(9-12)17-15(19)10-18-8-7-11-3-1-6-14(11)18/h2,4-5,9,11,14H,1,3,6-8,10H2,(H,17,19). The Kier molecular flexibility index (Phi) is 4.07. The van der Waals surface area contributed by atoms with Crippen LogP contribution in [-0.4, -0.2) is 29.9 Å². The number of hydrogen-bond acceptors (Lipinski definition) is 2. The first-order valence-electron chi connectivity index (χ1n) is 7.02. The SMILES string of the molecule is O=C(CN1CCC2CCCC21)Nc1cccc(I)c1. The van der Waals surface area contributed by atoms with Crippen molar-refractivity contribution in [1.29, 1.82) is 0 Å². The first-order valence-corrected chi connectivity index (χ1v) is 8.10. The van der Waals surface area contributed by atoms with Crippen LogP contribution in [0.1, 0.15) is 25.7 Å². The second kappa shape index (κ2) is 5.79. The van der Waals surface area contributed by atoms with E-state index in [1.54, 1.807) is 0 Å². The molecule has 3 rings (SSSR count). The van der Waals surface area contributed by atoms with E-state index in [0.29, 0.717) is 12.6 Å². The highest BCUT2D eigenvalue weighted by atomic mass is 127. The highest BCUT2D eigenvalue weighted by molar-refractivity contribution is 14.1. The number of fused-ring (bicyclic) bond motifs is 1. The second-order valence-corrected chi connectivity index (χ2v) is 6.82. The summed E-state index contributed by atoms with van der Waals surface area (Å²) in [5.41, 5.74) is 0.902. The molecule has 0 spiro atoms. The van der Waals surface area contributed by atoms with E-state index in [-0.39, 0.29) is 5.91 Å². The number of rotatable bonds is 3. The van der Waals surface area contributed by atoms with Crippen LogP contribution in [0.5, 0.6) is 0 Å². The molecule has 1 aromatic rings. The third-order valence-corrected chi connectivity index (χ3v) is 5.00. The Morgan fingerprint density at radius 3 is 3.11 bits per heavy atom. The van der Waals surface area contributed by atoms with E-state index in [0.717, 1.165) is 21.7 Å². The lowest BCUT2D eigenvalue weighted by atomic mass is 10.0. The van der Waals surface area contributed by atoms with Crippen molar-refractivity contribution in [1.82, 2.24) is 4.90 Å². The summed E-state index contributed by atoms with van der Waals surface area (Å²) in [5.74, 6) is 0.972. The van der Waals surface area contributed by atoms with E-state index in [2.05, 4.69) is 32.8 Å². The number of hydrogen-bond donors (Lipinski definition) is 1. The van der Waals surface area contributed by atoms with Gasteiger partial charge in [0.1, 0.15) is 0 Å². The maximum absolute atomic E-state index is 12.1. The van der Waals surface area contributed by atoms with Crippen molar-refractivity contribution in [3.63, 3.8) is 0 Å². The number of carbonyl (C=O) groups is 1. The Morgan fingerprint density at radius 2 is 2.26 bits per heavy atom. The average molecular weight is 370 g/mol. The summed E-state index contributed by atoms with van der Waals surface area (Å²) in [6, 6.07) is 8.62. The van der Waals surface area contributed by atoms with Crippen LogP contribution in [0.25, 0.3) is 0 Å². The second-order valence-electron chi connectivity index (χ2n) is 5.58. The Labute approximate surface area is 127 Å². The molecule has 0 radical (unpaired) electrons. The minimum atomic E-state index is 0.120. The van der Waals surface area contributed by atoms with Gasteiger partial charge in [0.25, 0.3) is 0 Å². The van der Waals surface area contributed by atoms with Crippen molar-refractivity contribution in [3.8, 4) is 0 Å². The Hall–Kier alpha value is -0.620. The zero-order chi connectivity index (χ0) is 13.2. The van der Waals surface area contributed by atoms with Crippen LogP contribution in [0.2, 0.25) is 0 Å². The van der Waals surface area contributed by atoms with E-state index in [1.165, 1.54) is 25.7 Å². The van der Waals surface area contributed by atoms with Gasteiger partial charge in [-0.15, -0.1) is 0 Å². The van der Waals surface area contributed by atoms with E-state index >= 15 is 0 Å². The monoisotopic (exact) mass is 370 g/mol. The first-order chi connectivity index (χ1) is 9.22. The largest absolute Gasteiger partial charge is 0.325 e. The van der Waals surface area contributed by atoms with Gasteiger partial charge in [-0.3, -0.25) is 9.69 Å². The van der Waals surface area contributed by atoms with Crippen molar-refractivity contribution in [3.05, 3.63) is 27.8 Å². The molecule has 1 aliphatic heterocycles. The van der Waals surface area contributed by atoms with Gasteiger partial charge in [-0.05, 0) is 72.5 Å². The number of benzene rings is 1. The van der Waals surface area contributed by atoms with Crippen LogP contribution in [0.15, 0.2) is 24.3 Å². The number of anilines is 1. The molecule has 4 heteroatoms. The molecule has 2 unspecified atom stereocenters. The highest BCUT2D eigenvalue weighted by Gasteiger charge is 2.37. The molecule has 19 heavy (non-hydrogen) atoms. The third-order valence-electron chi connectivity index (χ3n) is 4.33. The molecule has 1 aromatic carbocycles. The molecule has 1 heterocycles. The van der Waals surface area contributed by atoms with Gasteiger partial charge in [0.2, 0.25) is 5.91 Å². The summed E-state index contributed by atoms with van der Waals surface area (Å²) in [6.07, 6.45) is 5.26. The molecule has 102 valence electrons. The number of amides is 1. The summed E-state index contributed by atoms with van der Waals surface area (Å²) in [4.78, 5) is 14.5. The van der Waals surface area contributed by atoms with Crippen molar-refractivity contribution in [2.45, 2.75) is 31.7 Å². The summed E-state index contributed by atoms with van der Waals surface area (Å²) < 4.78 is 1.15. The number of nitrogens with one attached hydrogen (secondary N) is 1. The molecular formula is C15H19IN2O. The lowest BCUT2D eigenvalue weighted by Crippen LogP contribution is -2.37. The van der Waals surface area contributed by atoms with Gasteiger partial charge >= 0.3 is 0 Å². The molecule has 2 atom stereocenters. The zero-order valence-corrected chi connectivity index (χ0v) is 13.1. The van der Waals surface area contributed by atoms with Crippen LogP contribution in [0.4, 0.5) is 5.69 Å². The van der Waals surface area contributed by atoms with Gasteiger partial charge in [0.05, 0.1) is 6.54 Å². The van der Waals surface area contributed by atoms with Crippen LogP contribution in [0.3, 0.4) is 0 Å². The van der Waals surface area contributed by atoms with Gasteiger partial charge in [-0.1, -0.05) is 12.5 Å². The van der Waals surface area contributed by atoms with Crippen LogP contribution < -0.4 is 5.32 Å². The van der Waals surface area contributed by atoms with Crippen molar-refractivity contribution in [2.75, 3.05) is 18.4 Å². The molecule has 2 aliphatic rings. The summed E-state index contributed by atoms with van der Waals surface area (Å²) in [7, 11) is 0. The quantitative estimate of drug-likeness (QED) is 0.830. The van der Waals surface area contributed by atoms with E-state index in [1.807, 2.05) is 24.3 Å². The highest BCUT2D eigenvalue weighted by Crippen LogP contribution is 2.37. The van der Waals surface area contributed by atoms with E-state index in [4.69, 9.17) is 0 Å². The fourth-order valence-corrected chi connectivity index (χ4v) is 4.02. The normalized spacial score (nSPS) is 26.4. The Morgan fingerprint density at radius 1 is 1.37 bits per heavy atom. The summed E-state index contributed by atoms with van der Waals surface area (Å²) >= 11 is 2.26. The number of likely N-dealkylation sites (tertiary alicyclic amines) is 1. The number of halogens is 1. The predicted molar refractivity (Wildman–Crippen MR) is 85.1 cm³/mol. The Bertz CT molecular complexity index is 477. The van der Waals surface area contributed by atoms with Crippen LogP contribution >= 0.6 is 22.6 Å². The zero-order valence-electron chi connectivity index (χ0n) is 10.9. The fourth-order valence-electron chi connectivity index (χ4n) is 3.48. The van der Waals surface area contributed by atoms with Gasteiger partial charge in [0.15, 0.2) is 0 Å². The molecule has 1 aliphatic carbocycles. The first kappa shape index (κ1) is 13.4. The van der Waals surface area contributed by atoms with E-state index in [9.17, 15) is 4.79 Å². The minimum Gasteiger partial charge on any atom is -0.325 e. The average Bonchev–Trinajstić information content (AvgIpc) is 2.94. The van der Waals surface area contributed by atoms with Gasteiger partial charge in [-0.2, -0.15) is 0 Å². The lowest BCUT2D eigenvalue weighted by Gasteiger charge is -2.22.